The first-order chi connectivity index (χ1) is 9.51. The van der Waals surface area contributed by atoms with Gasteiger partial charge in [0, 0.05) is 19.4 Å². The summed E-state index contributed by atoms with van der Waals surface area (Å²) >= 11 is 0. The lowest BCUT2D eigenvalue weighted by Gasteiger charge is -2.55. The van der Waals surface area contributed by atoms with Crippen LogP contribution in [0.5, 0.6) is 0 Å². The van der Waals surface area contributed by atoms with Crippen LogP contribution in [0.15, 0.2) is 0 Å². The highest BCUT2D eigenvalue weighted by molar-refractivity contribution is 5.80. The van der Waals surface area contributed by atoms with E-state index in [1.807, 2.05) is 0 Å². The van der Waals surface area contributed by atoms with Crippen LogP contribution in [0.3, 0.4) is 0 Å². The predicted molar refractivity (Wildman–Crippen MR) is 77.2 cm³/mol. The van der Waals surface area contributed by atoms with Crippen molar-refractivity contribution >= 4 is 5.78 Å². The molecule has 0 saturated heterocycles. The lowest BCUT2D eigenvalue weighted by atomic mass is 9.49. The molecule has 3 fully saturated rings. The van der Waals surface area contributed by atoms with Crippen LogP contribution in [-0.4, -0.2) is 28.7 Å². The first kappa shape index (κ1) is 14.5. The van der Waals surface area contributed by atoms with Crippen molar-refractivity contribution < 1.29 is 15.0 Å². The molecule has 3 aliphatic carbocycles. The Hall–Kier alpha value is -0.410. The largest absolute Gasteiger partial charge is 0.396 e. The third-order valence-electron chi connectivity index (χ3n) is 6.83. The molecule has 0 aliphatic heterocycles. The van der Waals surface area contributed by atoms with Gasteiger partial charge in [0.25, 0.3) is 0 Å². The zero-order valence-corrected chi connectivity index (χ0v) is 12.6. The van der Waals surface area contributed by atoms with Gasteiger partial charge in [-0.2, -0.15) is 0 Å². The average Bonchev–Trinajstić information content (AvgIpc) is 2.71. The van der Waals surface area contributed by atoms with Crippen molar-refractivity contribution in [3.05, 3.63) is 0 Å². The number of fused-ring (bicyclic) bond motifs is 1. The zero-order valence-electron chi connectivity index (χ0n) is 12.6. The number of rotatable bonds is 4. The smallest absolute Gasteiger partial charge is 0.133 e. The van der Waals surface area contributed by atoms with Gasteiger partial charge in [0.05, 0.1) is 6.10 Å². The van der Waals surface area contributed by atoms with Crippen molar-refractivity contribution in [2.24, 2.45) is 22.7 Å². The summed E-state index contributed by atoms with van der Waals surface area (Å²) < 4.78 is 0. The maximum atomic E-state index is 12.2. The van der Waals surface area contributed by atoms with Crippen LogP contribution < -0.4 is 0 Å². The van der Waals surface area contributed by atoms with Crippen LogP contribution >= 0.6 is 0 Å². The van der Waals surface area contributed by atoms with Gasteiger partial charge in [-0.1, -0.05) is 13.3 Å². The molecule has 20 heavy (non-hydrogen) atoms. The van der Waals surface area contributed by atoms with E-state index in [4.69, 9.17) is 5.11 Å². The Balaban J connectivity index is 1.86. The van der Waals surface area contributed by atoms with Crippen LogP contribution in [0.4, 0.5) is 0 Å². The number of aliphatic hydroxyl groups excluding tert-OH is 2. The van der Waals surface area contributed by atoms with Crippen LogP contribution in [0.2, 0.25) is 0 Å². The first-order valence-electron chi connectivity index (χ1n) is 8.31. The third kappa shape index (κ3) is 2.05. The van der Waals surface area contributed by atoms with Gasteiger partial charge < -0.3 is 10.2 Å². The molecular weight excluding hydrogens is 252 g/mol. The molecule has 0 aromatic carbocycles. The van der Waals surface area contributed by atoms with Crippen molar-refractivity contribution in [2.45, 2.75) is 70.8 Å². The summed E-state index contributed by atoms with van der Waals surface area (Å²) in [5.74, 6) is 1.36. The summed E-state index contributed by atoms with van der Waals surface area (Å²) in [4.78, 5) is 12.2. The maximum Gasteiger partial charge on any atom is 0.133 e. The molecule has 2 N–H and O–H groups in total. The van der Waals surface area contributed by atoms with Gasteiger partial charge in [-0.15, -0.1) is 0 Å². The van der Waals surface area contributed by atoms with Crippen LogP contribution in [0.1, 0.15) is 64.7 Å². The van der Waals surface area contributed by atoms with E-state index in [1.54, 1.807) is 0 Å². The lowest BCUT2D eigenvalue weighted by Crippen LogP contribution is -2.50. The molecule has 0 radical (unpaired) electrons. The van der Waals surface area contributed by atoms with E-state index in [1.165, 1.54) is 0 Å². The molecule has 0 aromatic rings. The second-order valence-corrected chi connectivity index (χ2v) is 7.82. The number of aliphatic hydroxyl groups is 2. The van der Waals surface area contributed by atoms with E-state index in [9.17, 15) is 9.90 Å². The topological polar surface area (TPSA) is 57.5 Å². The summed E-state index contributed by atoms with van der Waals surface area (Å²) in [6.07, 6.45) is 8.45. The summed E-state index contributed by atoms with van der Waals surface area (Å²) in [6, 6.07) is 0. The first-order valence-corrected chi connectivity index (χ1v) is 8.31. The van der Waals surface area contributed by atoms with Gasteiger partial charge in [-0.3, -0.25) is 4.79 Å². The maximum absolute atomic E-state index is 12.2. The Kier molecular flexibility index (Phi) is 3.70. The Bertz CT molecular complexity index is 394. The summed E-state index contributed by atoms with van der Waals surface area (Å²) in [5, 5.41) is 19.2. The monoisotopic (exact) mass is 280 g/mol. The molecule has 0 amide bonds. The van der Waals surface area contributed by atoms with Crippen molar-refractivity contribution in [1.29, 1.82) is 0 Å². The minimum Gasteiger partial charge on any atom is -0.396 e. The Morgan fingerprint density at radius 3 is 2.90 bits per heavy atom. The molecule has 2 unspecified atom stereocenters. The molecule has 3 rings (SSSR count). The van der Waals surface area contributed by atoms with Crippen molar-refractivity contribution in [3.63, 3.8) is 0 Å². The molecule has 5 atom stereocenters. The number of Topliss-reactive ketones (excluding diaryl/α,β-unsaturated/α-hetero) is 1. The van der Waals surface area contributed by atoms with Gasteiger partial charge in [0.1, 0.15) is 5.78 Å². The quantitative estimate of drug-likeness (QED) is 0.778. The molecule has 3 heteroatoms. The third-order valence-corrected chi connectivity index (χ3v) is 6.83. The lowest BCUT2D eigenvalue weighted by molar-refractivity contribution is -0.138. The summed E-state index contributed by atoms with van der Waals surface area (Å²) in [6.45, 7) is 2.57. The van der Waals surface area contributed by atoms with Gasteiger partial charge in [-0.05, 0) is 61.2 Å². The minimum absolute atomic E-state index is 0.0943. The van der Waals surface area contributed by atoms with Crippen molar-refractivity contribution in [3.8, 4) is 0 Å². The number of ketones is 1. The van der Waals surface area contributed by atoms with Crippen LogP contribution in [0, 0.1) is 22.7 Å². The molecule has 3 aliphatic rings. The summed E-state index contributed by atoms with van der Waals surface area (Å²) in [7, 11) is 0. The Morgan fingerprint density at radius 2 is 2.15 bits per heavy atom. The van der Waals surface area contributed by atoms with E-state index >= 15 is 0 Å². The molecule has 0 aromatic heterocycles. The SMILES string of the molecule is C[C@]1(CCCCO)CC(=O)C[C@H]2CC3C[C@@]21CCC3O. The number of carbonyl (C=O) groups excluding carboxylic acids is 1. The molecule has 1 spiro atoms. The van der Waals surface area contributed by atoms with Gasteiger partial charge in [-0.25, -0.2) is 0 Å². The average molecular weight is 280 g/mol. The number of hydrogen-bond donors (Lipinski definition) is 2. The van der Waals surface area contributed by atoms with Crippen molar-refractivity contribution in [2.75, 3.05) is 6.61 Å². The standard InChI is InChI=1S/C17H28O3/c1-16(5-2-3-7-18)11-14(19)9-13-8-12-10-17(13,16)6-4-15(12)20/h12-13,15,18,20H,2-11H2,1H3/t12?,13-,15?,16+,17+/m1/s1. The van der Waals surface area contributed by atoms with E-state index in [-0.39, 0.29) is 18.1 Å². The zero-order chi connectivity index (χ0) is 14.4. The molecule has 2 bridgehead atoms. The van der Waals surface area contributed by atoms with Gasteiger partial charge in [0.15, 0.2) is 0 Å². The normalized spacial score (nSPS) is 47.4. The van der Waals surface area contributed by atoms with Crippen LogP contribution in [-0.2, 0) is 4.79 Å². The predicted octanol–water partition coefficient (Wildman–Crippen LogP) is 2.69. The minimum atomic E-state index is -0.136. The molecule has 0 heterocycles. The van der Waals surface area contributed by atoms with E-state index in [2.05, 4.69) is 6.92 Å². The van der Waals surface area contributed by atoms with E-state index < -0.39 is 0 Å². The molecule has 3 nitrogen and oxygen atoms in total. The van der Waals surface area contributed by atoms with Gasteiger partial charge >= 0.3 is 0 Å². The Morgan fingerprint density at radius 1 is 1.35 bits per heavy atom. The number of carbonyl (C=O) groups is 1. The highest BCUT2D eigenvalue weighted by Crippen LogP contribution is 2.68. The number of unbranched alkanes of at least 4 members (excludes halogenated alkanes) is 1. The fourth-order valence-corrected chi connectivity index (χ4v) is 5.79. The summed E-state index contributed by atoms with van der Waals surface area (Å²) in [5.41, 5.74) is 0.386. The van der Waals surface area contributed by atoms with Gasteiger partial charge in [0.2, 0.25) is 0 Å². The fourth-order valence-electron chi connectivity index (χ4n) is 5.79. The second-order valence-electron chi connectivity index (χ2n) is 7.82. The van der Waals surface area contributed by atoms with Crippen molar-refractivity contribution in [1.82, 2.24) is 0 Å². The van der Waals surface area contributed by atoms with E-state index in [0.717, 1.165) is 57.8 Å². The molecule has 3 saturated carbocycles. The second kappa shape index (κ2) is 5.10. The molecule has 114 valence electrons. The van der Waals surface area contributed by atoms with E-state index in [0.29, 0.717) is 23.0 Å². The highest BCUT2D eigenvalue weighted by atomic mass is 16.3. The Labute approximate surface area is 121 Å². The highest BCUT2D eigenvalue weighted by Gasteiger charge is 2.62. The number of hydrogen-bond acceptors (Lipinski definition) is 3. The van der Waals surface area contributed by atoms with Crippen LogP contribution in [0.25, 0.3) is 0 Å². The molecular formula is C17H28O3. The fraction of sp³-hybridized carbons (Fsp3) is 0.941.